The Morgan fingerprint density at radius 3 is 2.61 bits per heavy atom. The second-order valence-corrected chi connectivity index (χ2v) is 4.71. The van der Waals surface area contributed by atoms with Gasteiger partial charge in [-0.25, -0.2) is 9.89 Å². The van der Waals surface area contributed by atoms with Gasteiger partial charge >= 0.3 is 12.0 Å². The van der Waals surface area contributed by atoms with E-state index in [2.05, 4.69) is 10.2 Å². The third-order valence-electron chi connectivity index (χ3n) is 3.01. The number of carbonyl (C=O) groups excluding carboxylic acids is 3. The monoisotopic (exact) mass is 318 g/mol. The number of rotatable bonds is 4. The minimum atomic E-state index is -1.19. The number of hydrogen-bond donors (Lipinski definition) is 3. The first-order valence-electron chi connectivity index (χ1n) is 6.64. The van der Waals surface area contributed by atoms with Crippen LogP contribution in [0.2, 0.25) is 0 Å². The Hall–Kier alpha value is -3.23. The van der Waals surface area contributed by atoms with Gasteiger partial charge in [-0.3, -0.25) is 19.7 Å². The van der Waals surface area contributed by atoms with Gasteiger partial charge in [0.2, 0.25) is 0 Å². The lowest BCUT2D eigenvalue weighted by atomic mass is 10.1. The Morgan fingerprint density at radius 2 is 1.96 bits per heavy atom. The fraction of sp³-hybridized carbons (Fsp3) is 0.214. The smallest absolute Gasteiger partial charge is 0.318 e. The van der Waals surface area contributed by atoms with Crippen molar-refractivity contribution < 1.29 is 19.1 Å². The molecular weight excluding hydrogens is 304 g/mol. The molecule has 23 heavy (non-hydrogen) atoms. The number of nitrogens with one attached hydrogen (secondary N) is 2. The van der Waals surface area contributed by atoms with Crippen LogP contribution >= 0.6 is 0 Å². The summed E-state index contributed by atoms with van der Waals surface area (Å²) in [7, 11) is 0. The van der Waals surface area contributed by atoms with Gasteiger partial charge < -0.3 is 10.5 Å². The van der Waals surface area contributed by atoms with E-state index in [9.17, 15) is 19.2 Å². The maximum absolute atomic E-state index is 11.9. The summed E-state index contributed by atoms with van der Waals surface area (Å²) in [5, 5.41) is 8.85. The van der Waals surface area contributed by atoms with Crippen LogP contribution in [0.4, 0.5) is 4.79 Å². The summed E-state index contributed by atoms with van der Waals surface area (Å²) >= 11 is 0. The highest BCUT2D eigenvalue weighted by molar-refractivity contribution is 5.96. The molecule has 1 atom stereocenters. The van der Waals surface area contributed by atoms with E-state index in [1.165, 1.54) is 6.92 Å². The van der Waals surface area contributed by atoms with Crippen molar-refractivity contribution in [2.45, 2.75) is 19.4 Å². The molecule has 0 aliphatic rings. The number of aromatic amines is 1. The van der Waals surface area contributed by atoms with Crippen LogP contribution in [0.15, 0.2) is 29.1 Å². The first-order chi connectivity index (χ1) is 10.9. The summed E-state index contributed by atoms with van der Waals surface area (Å²) in [6, 6.07) is 5.62. The Balaban J connectivity index is 2.12. The van der Waals surface area contributed by atoms with E-state index in [-0.39, 0.29) is 12.0 Å². The van der Waals surface area contributed by atoms with E-state index in [0.717, 1.165) is 0 Å². The van der Waals surface area contributed by atoms with Crippen molar-refractivity contribution in [3.63, 3.8) is 0 Å². The van der Waals surface area contributed by atoms with Gasteiger partial charge in [-0.15, -0.1) is 0 Å². The minimum absolute atomic E-state index is 0.245. The number of esters is 1. The number of imide groups is 1. The standard InChI is InChI=1S/C14H14N4O5/c1-7(12(20)16-14(15)22)23-11(19)6-10-8-4-2-3-5-9(8)13(21)18-17-10/h2-5,7H,6H2,1H3,(H,18,21)(H3,15,16,20,22)/t7-/m1/s1. The second kappa shape index (κ2) is 6.69. The second-order valence-electron chi connectivity index (χ2n) is 4.71. The lowest BCUT2D eigenvalue weighted by Crippen LogP contribution is -2.42. The van der Waals surface area contributed by atoms with Crippen molar-refractivity contribution in [1.29, 1.82) is 0 Å². The number of nitrogens with zero attached hydrogens (tertiary/aromatic N) is 1. The van der Waals surface area contributed by atoms with Crippen molar-refractivity contribution >= 4 is 28.7 Å². The molecule has 9 nitrogen and oxygen atoms in total. The predicted molar refractivity (Wildman–Crippen MR) is 79.3 cm³/mol. The SMILES string of the molecule is C[C@@H](OC(=O)Cc1n[nH]c(=O)c2ccccc12)C(=O)NC(N)=O. The van der Waals surface area contributed by atoms with Gasteiger partial charge in [0.05, 0.1) is 17.5 Å². The number of fused-ring (bicyclic) bond motifs is 1. The van der Waals surface area contributed by atoms with Gasteiger partial charge in [0.1, 0.15) is 0 Å². The van der Waals surface area contributed by atoms with E-state index in [0.29, 0.717) is 16.5 Å². The molecule has 4 N–H and O–H groups in total. The number of benzene rings is 1. The number of amides is 3. The average molecular weight is 318 g/mol. The van der Waals surface area contributed by atoms with Crippen LogP contribution in [-0.2, 0) is 20.7 Å². The molecular formula is C14H14N4O5. The van der Waals surface area contributed by atoms with E-state index in [1.54, 1.807) is 24.3 Å². The van der Waals surface area contributed by atoms with Crippen LogP contribution in [0.5, 0.6) is 0 Å². The van der Waals surface area contributed by atoms with Crippen LogP contribution in [0, 0.1) is 0 Å². The molecule has 0 fully saturated rings. The third kappa shape index (κ3) is 3.90. The zero-order valence-electron chi connectivity index (χ0n) is 12.2. The molecule has 3 amide bonds. The van der Waals surface area contributed by atoms with E-state index in [4.69, 9.17) is 10.5 Å². The zero-order chi connectivity index (χ0) is 17.0. The zero-order valence-corrected chi connectivity index (χ0v) is 12.2. The van der Waals surface area contributed by atoms with Gasteiger partial charge in [0.25, 0.3) is 11.5 Å². The molecule has 1 aromatic heterocycles. The van der Waals surface area contributed by atoms with Gasteiger partial charge in [-0.2, -0.15) is 5.10 Å². The number of primary amides is 1. The molecule has 0 aliphatic heterocycles. The topological polar surface area (TPSA) is 144 Å². The molecule has 0 bridgehead atoms. The largest absolute Gasteiger partial charge is 0.452 e. The lowest BCUT2D eigenvalue weighted by Gasteiger charge is -2.12. The fourth-order valence-electron chi connectivity index (χ4n) is 1.96. The highest BCUT2D eigenvalue weighted by atomic mass is 16.5. The maximum Gasteiger partial charge on any atom is 0.318 e. The van der Waals surface area contributed by atoms with Crippen LogP contribution in [0.25, 0.3) is 10.8 Å². The van der Waals surface area contributed by atoms with Gasteiger partial charge in [0.15, 0.2) is 6.10 Å². The highest BCUT2D eigenvalue weighted by Crippen LogP contribution is 2.13. The normalized spacial score (nSPS) is 11.7. The summed E-state index contributed by atoms with van der Waals surface area (Å²) in [5.41, 5.74) is 4.75. The quantitative estimate of drug-likeness (QED) is 0.654. The number of carbonyl (C=O) groups is 3. The van der Waals surface area contributed by atoms with Crippen molar-refractivity contribution in [2.24, 2.45) is 5.73 Å². The first-order valence-corrected chi connectivity index (χ1v) is 6.64. The molecule has 0 spiro atoms. The Bertz CT molecular complexity index is 829. The number of urea groups is 1. The number of hydrogen-bond acceptors (Lipinski definition) is 6. The molecule has 0 saturated heterocycles. The number of aromatic nitrogens is 2. The molecule has 1 aromatic carbocycles. The fourth-order valence-corrected chi connectivity index (χ4v) is 1.96. The van der Waals surface area contributed by atoms with Crippen LogP contribution in [0.1, 0.15) is 12.6 Å². The minimum Gasteiger partial charge on any atom is -0.452 e. The summed E-state index contributed by atoms with van der Waals surface area (Å²) in [5.74, 6) is -1.56. The number of nitrogens with two attached hydrogens (primary N) is 1. The van der Waals surface area contributed by atoms with Crippen molar-refractivity contribution in [3.05, 3.63) is 40.3 Å². The van der Waals surface area contributed by atoms with Crippen LogP contribution in [-0.4, -0.2) is 34.2 Å². The molecule has 0 radical (unpaired) electrons. The van der Waals surface area contributed by atoms with Crippen LogP contribution in [0.3, 0.4) is 0 Å². The molecule has 9 heteroatoms. The maximum atomic E-state index is 11.9. The summed E-state index contributed by atoms with van der Waals surface area (Å²) in [4.78, 5) is 45.6. The molecule has 0 saturated carbocycles. The number of ether oxygens (including phenoxy) is 1. The number of H-pyrrole nitrogens is 1. The van der Waals surface area contributed by atoms with Gasteiger partial charge in [0, 0.05) is 5.39 Å². The Kier molecular flexibility index (Phi) is 4.69. The molecule has 2 aromatic rings. The third-order valence-corrected chi connectivity index (χ3v) is 3.01. The average Bonchev–Trinajstić information content (AvgIpc) is 2.49. The van der Waals surface area contributed by atoms with Crippen LogP contribution < -0.4 is 16.6 Å². The van der Waals surface area contributed by atoms with Gasteiger partial charge in [-0.05, 0) is 13.0 Å². The van der Waals surface area contributed by atoms with E-state index < -0.39 is 24.0 Å². The van der Waals surface area contributed by atoms with E-state index >= 15 is 0 Å². The summed E-state index contributed by atoms with van der Waals surface area (Å²) in [6.45, 7) is 1.30. The molecule has 120 valence electrons. The van der Waals surface area contributed by atoms with Gasteiger partial charge in [-0.1, -0.05) is 18.2 Å². The summed E-state index contributed by atoms with van der Waals surface area (Å²) < 4.78 is 4.91. The van der Waals surface area contributed by atoms with Crippen molar-refractivity contribution in [3.8, 4) is 0 Å². The van der Waals surface area contributed by atoms with Crippen molar-refractivity contribution in [1.82, 2.24) is 15.5 Å². The highest BCUT2D eigenvalue weighted by Gasteiger charge is 2.20. The summed E-state index contributed by atoms with van der Waals surface area (Å²) in [6.07, 6.45) is -1.44. The van der Waals surface area contributed by atoms with Crippen molar-refractivity contribution in [2.75, 3.05) is 0 Å². The molecule has 1 heterocycles. The first kappa shape index (κ1) is 16.1. The lowest BCUT2D eigenvalue weighted by molar-refractivity contribution is -0.153. The molecule has 0 aliphatic carbocycles. The Labute approximate surface area is 129 Å². The van der Waals surface area contributed by atoms with E-state index in [1.807, 2.05) is 5.32 Å². The molecule has 0 unspecified atom stereocenters. The molecule has 2 rings (SSSR count). The predicted octanol–water partition coefficient (Wildman–Crippen LogP) is -0.408. The Morgan fingerprint density at radius 1 is 1.30 bits per heavy atom.